The van der Waals surface area contributed by atoms with Crippen molar-refractivity contribution < 1.29 is 88.5 Å². The van der Waals surface area contributed by atoms with E-state index in [9.17, 15) is 83.4 Å². The number of hydrogen-bond acceptors (Lipinski definition) is 1. The fraction of sp³-hybridized carbons (Fsp3) is 1.00. The second-order valence-corrected chi connectivity index (χ2v) is 5.40. The lowest BCUT2D eigenvalue weighted by Crippen LogP contribution is -2.80. The third-order valence-electron chi connectivity index (χ3n) is 3.53. The first kappa shape index (κ1) is 28.6. The molecule has 0 amide bonds. The summed E-state index contributed by atoms with van der Waals surface area (Å²) in [5.41, 5.74) is -17.2. The maximum Gasteiger partial charge on any atom is 0.438 e. The Kier molecular flexibility index (Phi) is 6.50. The van der Waals surface area contributed by atoms with Gasteiger partial charge in [-0.2, -0.15) is 74.6 Å². The van der Waals surface area contributed by atoms with Crippen molar-refractivity contribution in [2.24, 2.45) is 0 Å². The Morgan fingerprint density at radius 3 is 0.800 bits per heavy atom. The van der Waals surface area contributed by atoms with Gasteiger partial charge in [-0.25, -0.2) is 8.78 Å². The topological polar surface area (TPSA) is 20.2 Å². The smallest absolute Gasteiger partial charge is 0.390 e. The summed E-state index contributed by atoms with van der Waals surface area (Å²) in [7, 11) is 0. The molecule has 0 rings (SSSR count). The molecule has 0 unspecified atom stereocenters. The highest BCUT2D eigenvalue weighted by Gasteiger charge is 2.99. The third-order valence-corrected chi connectivity index (χ3v) is 3.53. The van der Waals surface area contributed by atoms with Gasteiger partial charge >= 0.3 is 53.6 Å². The van der Waals surface area contributed by atoms with Gasteiger partial charge in [0.15, 0.2) is 0 Å². The molecule has 0 aromatic carbocycles. The van der Waals surface area contributed by atoms with E-state index in [2.05, 4.69) is 0 Å². The van der Waals surface area contributed by atoms with E-state index in [1.54, 1.807) is 0 Å². The van der Waals surface area contributed by atoms with Crippen molar-refractivity contribution >= 4 is 0 Å². The van der Waals surface area contributed by atoms with Gasteiger partial charge in [-0.15, -0.1) is 0 Å². The van der Waals surface area contributed by atoms with Gasteiger partial charge < -0.3 is 5.11 Å². The van der Waals surface area contributed by atoms with Gasteiger partial charge in [0.2, 0.25) is 0 Å². The first-order valence-electron chi connectivity index (χ1n) is 6.26. The van der Waals surface area contributed by atoms with Gasteiger partial charge in [-0.3, -0.25) is 0 Å². The van der Waals surface area contributed by atoms with E-state index in [1.165, 1.54) is 0 Å². The zero-order valence-electron chi connectivity index (χ0n) is 12.8. The van der Waals surface area contributed by atoms with Crippen molar-refractivity contribution in [2.45, 2.75) is 53.6 Å². The van der Waals surface area contributed by atoms with Crippen molar-refractivity contribution in [2.75, 3.05) is 6.61 Å². The Hall–Kier alpha value is -1.37. The Morgan fingerprint density at radius 1 is 0.367 bits per heavy atom. The molecule has 0 saturated heterocycles. The van der Waals surface area contributed by atoms with E-state index in [0.29, 0.717) is 0 Å². The Labute approximate surface area is 150 Å². The molecule has 1 N–H and O–H groups in total. The number of alkyl halides is 19. The fourth-order valence-electron chi connectivity index (χ4n) is 1.87. The summed E-state index contributed by atoms with van der Waals surface area (Å²) in [6.45, 7) is -3.83. The van der Waals surface area contributed by atoms with Crippen LogP contribution < -0.4 is 0 Å². The molecule has 0 aliphatic heterocycles. The summed E-state index contributed by atoms with van der Waals surface area (Å²) in [5.74, 6) is -34.3. The molecule has 0 bridgehead atoms. The second kappa shape index (κ2) is 6.81. The molecule has 0 fully saturated rings. The molecular formula is C10H3F19O. The van der Waals surface area contributed by atoms with Crippen LogP contribution in [0.2, 0.25) is 0 Å². The molecule has 182 valence electrons. The number of rotatable bonds is 6. The van der Waals surface area contributed by atoms with Crippen LogP contribution >= 0.6 is 0 Å². The van der Waals surface area contributed by atoms with Crippen molar-refractivity contribution in [1.29, 1.82) is 0 Å². The van der Waals surface area contributed by atoms with Gasteiger partial charge in [0.25, 0.3) is 0 Å². The maximum atomic E-state index is 13.6. The summed E-state index contributed by atoms with van der Waals surface area (Å²) in [5, 5.41) is 7.85. The second-order valence-electron chi connectivity index (χ2n) is 5.40. The van der Waals surface area contributed by atoms with Gasteiger partial charge in [-0.05, 0) is 0 Å². The van der Waals surface area contributed by atoms with Gasteiger partial charge in [0.1, 0.15) is 6.61 Å². The number of aliphatic hydroxyl groups excluding tert-OH is 1. The number of aliphatic hydroxyl groups is 1. The highest BCUT2D eigenvalue weighted by atomic mass is 19.4. The van der Waals surface area contributed by atoms with E-state index in [0.717, 1.165) is 0 Å². The van der Waals surface area contributed by atoms with Crippen LogP contribution in [0.1, 0.15) is 0 Å². The summed E-state index contributed by atoms with van der Waals surface area (Å²) < 4.78 is 243. The molecule has 0 aliphatic rings. The number of halogens is 19. The third kappa shape index (κ3) is 3.23. The highest BCUT2D eigenvalue weighted by Crippen LogP contribution is 2.66. The monoisotopic (exact) mass is 500 g/mol. The van der Waals surface area contributed by atoms with Crippen LogP contribution in [0.5, 0.6) is 0 Å². The molecule has 30 heavy (non-hydrogen) atoms. The zero-order chi connectivity index (χ0) is 25.2. The molecular weight excluding hydrogens is 497 g/mol. The molecule has 1 atom stereocenters. The average molecular weight is 500 g/mol. The van der Waals surface area contributed by atoms with E-state index in [1.807, 2.05) is 0 Å². The van der Waals surface area contributed by atoms with Gasteiger partial charge in [0, 0.05) is 0 Å². The quantitative estimate of drug-likeness (QED) is 0.470. The zero-order valence-corrected chi connectivity index (χ0v) is 12.8. The Morgan fingerprint density at radius 2 is 0.600 bits per heavy atom. The lowest BCUT2D eigenvalue weighted by Gasteiger charge is -2.46. The largest absolute Gasteiger partial charge is 0.438 e. The summed E-state index contributed by atoms with van der Waals surface area (Å²) >= 11 is 0. The van der Waals surface area contributed by atoms with Crippen LogP contribution in [0.3, 0.4) is 0 Å². The standard InChI is InChI=1S/C10H3F19O/c11-2(12,1-30)3(13,8(21,22)23)5(15,16)7(19,20)6(17,18)4(14,9(24,25)26)10(27,28)29/h30H,1H2/t3-/m1/s1. The maximum absolute atomic E-state index is 13.6. The van der Waals surface area contributed by atoms with Crippen LogP contribution in [0.15, 0.2) is 0 Å². The van der Waals surface area contributed by atoms with Crippen LogP contribution in [0.25, 0.3) is 0 Å². The summed E-state index contributed by atoms with van der Waals surface area (Å²) in [4.78, 5) is 0. The normalized spacial score (nSPS) is 18.4. The van der Waals surface area contributed by atoms with E-state index < -0.39 is 60.2 Å². The van der Waals surface area contributed by atoms with Crippen molar-refractivity contribution in [3.8, 4) is 0 Å². The predicted octanol–water partition coefficient (Wildman–Crippen LogP) is 5.62. The van der Waals surface area contributed by atoms with Crippen LogP contribution in [0, 0.1) is 0 Å². The highest BCUT2D eigenvalue weighted by molar-refractivity contribution is 5.21. The molecule has 1 nitrogen and oxygen atoms in total. The minimum absolute atomic E-state index is 3.83. The van der Waals surface area contributed by atoms with Gasteiger partial charge in [0.05, 0.1) is 0 Å². The van der Waals surface area contributed by atoms with E-state index in [4.69, 9.17) is 5.11 Å². The lowest BCUT2D eigenvalue weighted by atomic mass is 9.79. The molecule has 0 aliphatic carbocycles. The fourth-order valence-corrected chi connectivity index (χ4v) is 1.87. The molecule has 0 saturated carbocycles. The lowest BCUT2D eigenvalue weighted by molar-refractivity contribution is -0.472. The first-order chi connectivity index (χ1) is 12.6. The minimum Gasteiger partial charge on any atom is -0.390 e. The molecule has 0 spiro atoms. The van der Waals surface area contributed by atoms with Crippen molar-refractivity contribution in [3.05, 3.63) is 0 Å². The SMILES string of the molecule is OCC(F)(F)[C@](F)(C(F)(F)F)C(F)(F)C(F)(F)C(F)(F)C(F)(C(F)(F)F)C(F)(F)F. The van der Waals surface area contributed by atoms with E-state index in [-0.39, 0.29) is 0 Å². The molecule has 0 aromatic heterocycles. The molecule has 0 heterocycles. The minimum atomic E-state index is -9.08. The van der Waals surface area contributed by atoms with E-state index >= 15 is 0 Å². The molecule has 20 heteroatoms. The van der Waals surface area contributed by atoms with Crippen molar-refractivity contribution in [3.63, 3.8) is 0 Å². The molecule has 0 aromatic rings. The Balaban J connectivity index is 7.35. The first-order valence-corrected chi connectivity index (χ1v) is 6.26. The number of hydrogen-bond donors (Lipinski definition) is 1. The Bertz CT molecular complexity index is 609. The average Bonchev–Trinajstić information content (AvgIpc) is 2.48. The van der Waals surface area contributed by atoms with Crippen LogP contribution in [-0.2, 0) is 0 Å². The van der Waals surface area contributed by atoms with Crippen LogP contribution in [0.4, 0.5) is 83.4 Å². The summed E-state index contributed by atoms with van der Waals surface area (Å²) in [6, 6.07) is 0. The molecule has 0 radical (unpaired) electrons. The van der Waals surface area contributed by atoms with Gasteiger partial charge in [-0.1, -0.05) is 0 Å². The summed E-state index contributed by atoms with van der Waals surface area (Å²) in [6.07, 6.45) is -24.8. The van der Waals surface area contributed by atoms with Crippen LogP contribution in [-0.4, -0.2) is 65.3 Å². The predicted molar refractivity (Wildman–Crippen MR) is 52.7 cm³/mol. The van der Waals surface area contributed by atoms with Crippen molar-refractivity contribution in [1.82, 2.24) is 0 Å².